The van der Waals surface area contributed by atoms with Gasteiger partial charge in [-0.3, -0.25) is 9.59 Å². The SMILES string of the molecule is O=C(NC1CC2CCC1C2)C1=C[C@@H](c2coc3ccccc3c2=O)C[C@@H](OCCOCCO)O1. The second-order valence-electron chi connectivity index (χ2n) is 9.40. The summed E-state index contributed by atoms with van der Waals surface area (Å²) >= 11 is 0. The van der Waals surface area contributed by atoms with E-state index in [1.807, 2.05) is 6.07 Å². The molecule has 2 aromatic rings. The summed E-state index contributed by atoms with van der Waals surface area (Å²) in [4.78, 5) is 26.3. The highest BCUT2D eigenvalue weighted by Crippen LogP contribution is 2.44. The van der Waals surface area contributed by atoms with Crippen molar-refractivity contribution in [2.75, 3.05) is 26.4 Å². The molecule has 3 unspecified atom stereocenters. The largest absolute Gasteiger partial charge is 0.464 e. The molecule has 8 heteroatoms. The van der Waals surface area contributed by atoms with Crippen molar-refractivity contribution in [1.82, 2.24) is 5.32 Å². The number of fused-ring (bicyclic) bond motifs is 3. The van der Waals surface area contributed by atoms with Crippen LogP contribution in [-0.2, 0) is 19.0 Å². The summed E-state index contributed by atoms with van der Waals surface area (Å²) in [5.74, 6) is 0.767. The van der Waals surface area contributed by atoms with Crippen LogP contribution in [0.4, 0.5) is 0 Å². The smallest absolute Gasteiger partial charge is 0.286 e. The standard InChI is InChI=1S/C26H31NO7/c28-7-8-31-9-10-32-24-14-18(20-15-33-22-4-2-1-3-19(22)25(20)29)13-23(34-24)26(30)27-21-12-16-5-6-17(21)11-16/h1-4,13,15-18,21,24,28H,5-12,14H2,(H,27,30)/t16?,17?,18-,21?,24+/m1/s1. The number of benzene rings is 1. The number of allylic oxidation sites excluding steroid dienone is 1. The van der Waals surface area contributed by atoms with Crippen LogP contribution in [0.3, 0.4) is 0 Å². The lowest BCUT2D eigenvalue weighted by molar-refractivity contribution is -0.151. The van der Waals surface area contributed by atoms with Gasteiger partial charge in [0.25, 0.3) is 5.91 Å². The lowest BCUT2D eigenvalue weighted by atomic mass is 9.92. The van der Waals surface area contributed by atoms with E-state index in [0.29, 0.717) is 41.4 Å². The molecule has 1 aromatic carbocycles. The molecule has 3 aliphatic rings. The minimum absolute atomic E-state index is 0.0597. The molecule has 2 aliphatic carbocycles. The van der Waals surface area contributed by atoms with Gasteiger partial charge in [0.2, 0.25) is 6.29 Å². The topological polar surface area (TPSA) is 107 Å². The molecule has 1 amide bonds. The van der Waals surface area contributed by atoms with E-state index in [-0.39, 0.29) is 43.0 Å². The number of aliphatic hydroxyl groups excluding tert-OH is 1. The Labute approximate surface area is 197 Å². The van der Waals surface area contributed by atoms with Crippen LogP contribution in [0.25, 0.3) is 11.0 Å². The zero-order chi connectivity index (χ0) is 23.5. The predicted molar refractivity (Wildman–Crippen MR) is 124 cm³/mol. The van der Waals surface area contributed by atoms with Crippen molar-refractivity contribution in [2.45, 2.75) is 50.4 Å². The van der Waals surface area contributed by atoms with Gasteiger partial charge in [-0.05, 0) is 49.3 Å². The van der Waals surface area contributed by atoms with Gasteiger partial charge in [0.05, 0.1) is 38.1 Å². The zero-order valence-corrected chi connectivity index (χ0v) is 19.1. The van der Waals surface area contributed by atoms with Gasteiger partial charge in [0.1, 0.15) is 5.58 Å². The van der Waals surface area contributed by atoms with E-state index in [4.69, 9.17) is 23.7 Å². The van der Waals surface area contributed by atoms with Gasteiger partial charge in [-0.2, -0.15) is 0 Å². The van der Waals surface area contributed by atoms with Crippen molar-refractivity contribution in [1.29, 1.82) is 0 Å². The summed E-state index contributed by atoms with van der Waals surface area (Å²) in [6.07, 6.45) is 7.47. The second-order valence-corrected chi connectivity index (χ2v) is 9.40. The maximum atomic E-state index is 13.2. The maximum Gasteiger partial charge on any atom is 0.286 e. The van der Waals surface area contributed by atoms with Crippen LogP contribution in [-0.4, -0.2) is 49.8 Å². The molecule has 8 nitrogen and oxygen atoms in total. The first-order valence-electron chi connectivity index (χ1n) is 12.1. The minimum atomic E-state index is -0.709. The molecule has 0 spiro atoms. The number of carbonyl (C=O) groups excluding carboxylic acids is 1. The number of hydrogen-bond acceptors (Lipinski definition) is 7. The van der Waals surface area contributed by atoms with E-state index in [1.54, 1.807) is 24.3 Å². The molecule has 2 bridgehead atoms. The molecule has 0 saturated heterocycles. The summed E-state index contributed by atoms with van der Waals surface area (Å²) in [5, 5.41) is 12.5. The minimum Gasteiger partial charge on any atom is -0.464 e. The highest BCUT2D eigenvalue weighted by molar-refractivity contribution is 5.92. The van der Waals surface area contributed by atoms with Crippen LogP contribution in [0.1, 0.15) is 43.6 Å². The van der Waals surface area contributed by atoms with Crippen molar-refractivity contribution in [3.8, 4) is 0 Å². The van der Waals surface area contributed by atoms with Crippen LogP contribution < -0.4 is 10.7 Å². The van der Waals surface area contributed by atoms with Gasteiger partial charge in [-0.1, -0.05) is 18.6 Å². The first-order valence-corrected chi connectivity index (χ1v) is 12.1. The number of para-hydroxylation sites is 1. The van der Waals surface area contributed by atoms with Crippen LogP contribution >= 0.6 is 0 Å². The van der Waals surface area contributed by atoms with Gasteiger partial charge < -0.3 is 29.1 Å². The molecular formula is C26H31NO7. The monoisotopic (exact) mass is 469 g/mol. The summed E-state index contributed by atoms with van der Waals surface area (Å²) < 4.78 is 22.7. The molecule has 2 heterocycles. The van der Waals surface area contributed by atoms with Crippen LogP contribution in [0.15, 0.2) is 51.6 Å². The Morgan fingerprint density at radius 2 is 2.00 bits per heavy atom. The summed E-state index contributed by atoms with van der Waals surface area (Å²) in [7, 11) is 0. The average molecular weight is 470 g/mol. The molecule has 2 fully saturated rings. The third kappa shape index (κ3) is 4.89. The van der Waals surface area contributed by atoms with Gasteiger partial charge in [-0.15, -0.1) is 0 Å². The summed E-state index contributed by atoms with van der Waals surface area (Å²) in [6, 6.07) is 7.29. The van der Waals surface area contributed by atoms with E-state index in [0.717, 1.165) is 12.8 Å². The average Bonchev–Trinajstić information content (AvgIpc) is 3.47. The van der Waals surface area contributed by atoms with Crippen molar-refractivity contribution in [3.63, 3.8) is 0 Å². The van der Waals surface area contributed by atoms with E-state index < -0.39 is 12.2 Å². The Hall–Kier alpha value is -2.68. The van der Waals surface area contributed by atoms with E-state index >= 15 is 0 Å². The van der Waals surface area contributed by atoms with Crippen molar-refractivity contribution in [2.24, 2.45) is 11.8 Å². The van der Waals surface area contributed by atoms with E-state index in [9.17, 15) is 9.59 Å². The van der Waals surface area contributed by atoms with Crippen LogP contribution in [0.2, 0.25) is 0 Å². The fraction of sp³-hybridized carbons (Fsp3) is 0.538. The molecule has 1 aliphatic heterocycles. The number of ether oxygens (including phenoxy) is 3. The maximum absolute atomic E-state index is 13.2. The molecule has 2 N–H and O–H groups in total. The normalized spacial score (nSPS) is 28.0. The molecule has 0 radical (unpaired) electrons. The van der Waals surface area contributed by atoms with Crippen LogP contribution in [0, 0.1) is 11.8 Å². The Morgan fingerprint density at radius 1 is 1.12 bits per heavy atom. The molecule has 2 saturated carbocycles. The van der Waals surface area contributed by atoms with E-state index in [2.05, 4.69) is 5.32 Å². The Morgan fingerprint density at radius 3 is 2.79 bits per heavy atom. The zero-order valence-electron chi connectivity index (χ0n) is 19.1. The Bertz CT molecular complexity index is 1110. The number of aliphatic hydroxyl groups is 1. The number of nitrogens with one attached hydrogen (secondary N) is 1. The fourth-order valence-corrected chi connectivity index (χ4v) is 5.55. The van der Waals surface area contributed by atoms with Crippen LogP contribution in [0.5, 0.6) is 0 Å². The highest BCUT2D eigenvalue weighted by atomic mass is 16.7. The third-order valence-electron chi connectivity index (χ3n) is 7.21. The quantitative estimate of drug-likeness (QED) is 0.544. The molecule has 1 aromatic heterocycles. The van der Waals surface area contributed by atoms with Crippen molar-refractivity contribution >= 4 is 16.9 Å². The molecule has 34 heavy (non-hydrogen) atoms. The third-order valence-corrected chi connectivity index (χ3v) is 7.21. The fourth-order valence-electron chi connectivity index (χ4n) is 5.55. The first kappa shape index (κ1) is 23.1. The van der Waals surface area contributed by atoms with E-state index in [1.165, 1.54) is 19.1 Å². The summed E-state index contributed by atoms with van der Waals surface area (Å²) in [5.41, 5.74) is 0.871. The predicted octanol–water partition coefficient (Wildman–Crippen LogP) is 2.84. The Balaban J connectivity index is 1.36. The Kier molecular flexibility index (Phi) is 6.99. The van der Waals surface area contributed by atoms with Gasteiger partial charge in [0.15, 0.2) is 11.2 Å². The lowest BCUT2D eigenvalue weighted by Crippen LogP contribution is -2.41. The van der Waals surface area contributed by atoms with Gasteiger partial charge in [-0.25, -0.2) is 0 Å². The number of amides is 1. The number of carbonyl (C=O) groups is 1. The molecule has 5 rings (SSSR count). The number of rotatable bonds is 9. The number of hydrogen-bond donors (Lipinski definition) is 2. The molecule has 5 atom stereocenters. The van der Waals surface area contributed by atoms with Gasteiger partial charge >= 0.3 is 0 Å². The molecule has 182 valence electrons. The molecular weight excluding hydrogens is 438 g/mol. The lowest BCUT2D eigenvalue weighted by Gasteiger charge is -2.30. The second kappa shape index (κ2) is 10.3. The van der Waals surface area contributed by atoms with Crippen molar-refractivity contribution in [3.05, 3.63) is 58.2 Å². The summed E-state index contributed by atoms with van der Waals surface area (Å²) in [6.45, 7) is 0.702. The van der Waals surface area contributed by atoms with Gasteiger partial charge in [0, 0.05) is 23.9 Å². The first-order chi connectivity index (χ1) is 16.6. The van der Waals surface area contributed by atoms with Crippen molar-refractivity contribution < 1.29 is 28.5 Å². The highest BCUT2D eigenvalue weighted by Gasteiger charge is 2.41.